The van der Waals surface area contributed by atoms with Crippen LogP contribution in [0.5, 0.6) is 0 Å². The molecule has 0 bridgehead atoms. The van der Waals surface area contributed by atoms with Crippen molar-refractivity contribution >= 4 is 23.7 Å². The Bertz CT molecular complexity index is 1570. The van der Waals surface area contributed by atoms with Crippen molar-refractivity contribution in [3.05, 3.63) is 103 Å². The Kier molecular flexibility index (Phi) is 11.8. The maximum absolute atomic E-state index is 13.2. The van der Waals surface area contributed by atoms with E-state index in [1.54, 1.807) is 0 Å². The van der Waals surface area contributed by atoms with E-state index in [4.69, 9.17) is 0 Å². The van der Waals surface area contributed by atoms with Crippen LogP contribution in [0.15, 0.2) is 48.5 Å². The Hall–Kier alpha value is -3.26. The van der Waals surface area contributed by atoms with Gasteiger partial charge in [0.25, 0.3) is 0 Å². The van der Waals surface area contributed by atoms with Crippen molar-refractivity contribution in [1.82, 2.24) is 0 Å². The quantitative estimate of drug-likeness (QED) is 0.0661. The number of ketones is 1. The summed E-state index contributed by atoms with van der Waals surface area (Å²) in [5.41, 5.74) is 10.5. The van der Waals surface area contributed by atoms with Crippen molar-refractivity contribution in [3.8, 4) is 0 Å². The summed E-state index contributed by atoms with van der Waals surface area (Å²) < 4.78 is 0. The van der Waals surface area contributed by atoms with Gasteiger partial charge in [-0.25, -0.2) is 0 Å². The third-order valence-corrected chi connectivity index (χ3v) is 9.85. The highest BCUT2D eigenvalue weighted by molar-refractivity contribution is 6.46. The smallest absolute Gasteiger partial charge is 0.226 e. The minimum atomic E-state index is -0.407. The van der Waals surface area contributed by atoms with E-state index in [1.807, 2.05) is 0 Å². The van der Waals surface area contributed by atoms with Gasteiger partial charge in [0, 0.05) is 5.57 Å². The molecule has 0 spiro atoms. The fourth-order valence-corrected chi connectivity index (χ4v) is 7.26. The molecule has 0 amide bonds. The average molecular weight is 589 g/mol. The molecule has 5 rings (SSSR count). The molecule has 0 saturated carbocycles. The van der Waals surface area contributed by atoms with Gasteiger partial charge in [-0.2, -0.15) is 0 Å². The number of hydrogen-bond acceptors (Lipinski definition) is 2. The zero-order valence-electron chi connectivity index (χ0n) is 27.3. The van der Waals surface area contributed by atoms with Gasteiger partial charge in [-0.15, -0.1) is 0 Å². The van der Waals surface area contributed by atoms with Gasteiger partial charge in [0.15, 0.2) is 6.29 Å². The summed E-state index contributed by atoms with van der Waals surface area (Å²) in [6, 6.07) is 18.1. The van der Waals surface area contributed by atoms with E-state index in [9.17, 15) is 9.59 Å². The molecule has 0 aliphatic heterocycles. The maximum atomic E-state index is 13.2. The second-order valence-electron chi connectivity index (χ2n) is 13.3. The molecule has 0 unspecified atom stereocenters. The number of aryl methyl sites for hydroxylation is 2. The van der Waals surface area contributed by atoms with Gasteiger partial charge in [0.2, 0.25) is 5.78 Å². The number of aldehydes is 1. The van der Waals surface area contributed by atoms with Crippen LogP contribution in [0.25, 0.3) is 11.6 Å². The molecule has 2 aliphatic rings. The Morgan fingerprint density at radius 2 is 1.18 bits per heavy atom. The number of Topliss-reactive ketones (excluding diaryl/α,β-unsaturated/α-hetero) is 1. The van der Waals surface area contributed by atoms with E-state index in [0.717, 1.165) is 47.6 Å². The molecule has 232 valence electrons. The molecule has 0 heterocycles. The molecule has 2 aliphatic carbocycles. The Labute approximate surface area is 265 Å². The maximum Gasteiger partial charge on any atom is 0.226 e. The monoisotopic (exact) mass is 588 g/mol. The first-order valence-electron chi connectivity index (χ1n) is 17.7. The summed E-state index contributed by atoms with van der Waals surface area (Å²) in [4.78, 5) is 25.0. The molecule has 0 radical (unpaired) electrons. The summed E-state index contributed by atoms with van der Waals surface area (Å²) in [5, 5.41) is 2.20. The van der Waals surface area contributed by atoms with Crippen LogP contribution >= 0.6 is 0 Å². The van der Waals surface area contributed by atoms with Gasteiger partial charge in [0.1, 0.15) is 0 Å². The molecule has 44 heavy (non-hydrogen) atoms. The highest BCUT2D eigenvalue weighted by atomic mass is 16.2. The molecule has 2 nitrogen and oxygen atoms in total. The third-order valence-electron chi connectivity index (χ3n) is 9.85. The van der Waals surface area contributed by atoms with Gasteiger partial charge in [-0.05, 0) is 106 Å². The lowest BCUT2D eigenvalue weighted by atomic mass is 9.81. The predicted octanol–water partition coefficient (Wildman–Crippen LogP) is 8.88. The molecule has 0 fully saturated rings. The van der Waals surface area contributed by atoms with Gasteiger partial charge in [0.05, 0.1) is 0 Å². The van der Waals surface area contributed by atoms with Crippen molar-refractivity contribution < 1.29 is 9.59 Å². The van der Waals surface area contributed by atoms with E-state index < -0.39 is 5.78 Å². The molecule has 0 aromatic heterocycles. The van der Waals surface area contributed by atoms with E-state index in [-0.39, 0.29) is 0 Å². The first-order valence-corrected chi connectivity index (χ1v) is 17.7. The summed E-state index contributed by atoms with van der Waals surface area (Å²) in [6.45, 7) is 4.53. The van der Waals surface area contributed by atoms with Crippen LogP contribution in [0.3, 0.4) is 0 Å². The Balaban J connectivity index is 1.35. The highest BCUT2D eigenvalue weighted by Crippen LogP contribution is 2.28. The number of carbonyl (C=O) groups is 2. The summed E-state index contributed by atoms with van der Waals surface area (Å²) in [5.74, 6) is -0.407. The number of fused-ring (bicyclic) bond motifs is 4. The van der Waals surface area contributed by atoms with Gasteiger partial charge >= 0.3 is 0 Å². The molecule has 0 saturated heterocycles. The van der Waals surface area contributed by atoms with Crippen LogP contribution in [0.4, 0.5) is 0 Å². The number of carbonyl (C=O) groups excluding carboxylic acids is 2. The molecular formula is C42H52O2. The number of unbranched alkanes of at least 4 members (excludes halogenated alkanes) is 12. The largest absolute Gasteiger partial charge is 0.294 e. The minimum absolute atomic E-state index is 0.407. The zero-order valence-corrected chi connectivity index (χ0v) is 27.3. The van der Waals surface area contributed by atoms with E-state index in [0.29, 0.717) is 11.9 Å². The molecule has 0 atom stereocenters. The van der Waals surface area contributed by atoms with Gasteiger partial charge in [-0.1, -0.05) is 133 Å². The van der Waals surface area contributed by atoms with Crippen LogP contribution in [0.2, 0.25) is 0 Å². The second-order valence-corrected chi connectivity index (χ2v) is 13.3. The zero-order chi connectivity index (χ0) is 30.7. The molecule has 0 N–H and O–H groups in total. The van der Waals surface area contributed by atoms with Crippen LogP contribution in [0.1, 0.15) is 148 Å². The van der Waals surface area contributed by atoms with Crippen LogP contribution in [-0.2, 0) is 35.3 Å². The average Bonchev–Trinajstić information content (AvgIpc) is 3.04. The van der Waals surface area contributed by atoms with Crippen molar-refractivity contribution in [2.45, 2.75) is 129 Å². The summed E-state index contributed by atoms with van der Waals surface area (Å²) in [6.07, 6.45) is 25.0. The van der Waals surface area contributed by atoms with Crippen molar-refractivity contribution in [2.24, 2.45) is 0 Å². The van der Waals surface area contributed by atoms with E-state index in [2.05, 4.69) is 68.5 Å². The molecule has 3 aromatic rings. The Morgan fingerprint density at radius 3 is 1.82 bits per heavy atom. The van der Waals surface area contributed by atoms with E-state index in [1.165, 1.54) is 123 Å². The van der Waals surface area contributed by atoms with E-state index >= 15 is 0 Å². The van der Waals surface area contributed by atoms with Crippen LogP contribution in [0, 0.1) is 0 Å². The first kappa shape index (κ1) is 32.1. The highest BCUT2D eigenvalue weighted by Gasteiger charge is 2.24. The summed E-state index contributed by atoms with van der Waals surface area (Å²) >= 11 is 0. The molecule has 3 aromatic carbocycles. The second kappa shape index (κ2) is 16.2. The topological polar surface area (TPSA) is 34.1 Å². The lowest BCUT2D eigenvalue weighted by Crippen LogP contribution is -2.30. The standard InChI is InChI=1S/C42H52O2/c1-3-5-7-9-11-13-15-17-31-19-21-33-25-37-29-40-38(28-36(37)27-35(33)23-31)26-34-22-20-32(18-16-14-12-10-8-6-4-2)24-39(34)42(40)41(44)30-43/h19-24,27-30H,3-18,25-26H2,1-2H3. The number of hydrogen-bond donors (Lipinski definition) is 0. The molecule has 2 heteroatoms. The first-order chi connectivity index (χ1) is 21.6. The fourth-order valence-electron chi connectivity index (χ4n) is 7.26. The van der Waals surface area contributed by atoms with Crippen LogP contribution in [-0.4, -0.2) is 12.1 Å². The van der Waals surface area contributed by atoms with Crippen molar-refractivity contribution in [1.29, 1.82) is 0 Å². The predicted molar refractivity (Wildman–Crippen MR) is 185 cm³/mol. The lowest BCUT2D eigenvalue weighted by molar-refractivity contribution is -0.126. The summed E-state index contributed by atoms with van der Waals surface area (Å²) in [7, 11) is 0. The van der Waals surface area contributed by atoms with Gasteiger partial charge < -0.3 is 0 Å². The minimum Gasteiger partial charge on any atom is -0.294 e. The number of rotatable bonds is 18. The van der Waals surface area contributed by atoms with Crippen molar-refractivity contribution in [3.63, 3.8) is 0 Å². The van der Waals surface area contributed by atoms with Gasteiger partial charge in [-0.3, -0.25) is 9.59 Å². The molecular weight excluding hydrogens is 536 g/mol. The fraction of sp³-hybridized carbons (Fsp3) is 0.476. The normalized spacial score (nSPS) is 13.0. The Morgan fingerprint density at radius 1 is 0.614 bits per heavy atom. The third kappa shape index (κ3) is 8.06. The van der Waals surface area contributed by atoms with Crippen LogP contribution < -0.4 is 10.4 Å². The van der Waals surface area contributed by atoms with Crippen molar-refractivity contribution in [2.75, 3.05) is 0 Å². The SMILES string of the molecule is CCCCCCCCCc1ccc2c(c1)C=c1cc3c(cc1C2)=C(C(=O)C=O)c1cc(CCCCCCCCC)ccc1C3. The lowest BCUT2D eigenvalue weighted by Gasteiger charge is -2.22. The number of benzene rings is 3.